The van der Waals surface area contributed by atoms with Crippen LogP contribution in [-0.4, -0.2) is 56.5 Å². The van der Waals surface area contributed by atoms with Gasteiger partial charge >= 0.3 is 0 Å². The van der Waals surface area contributed by atoms with E-state index < -0.39 is 0 Å². The van der Waals surface area contributed by atoms with Gasteiger partial charge in [0.2, 0.25) is 5.88 Å². The Morgan fingerprint density at radius 2 is 2.32 bits per heavy atom. The lowest BCUT2D eigenvalue weighted by Crippen LogP contribution is -2.39. The fourth-order valence-electron chi connectivity index (χ4n) is 2.27. The maximum atomic E-state index is 5.17. The lowest BCUT2D eigenvalue weighted by atomic mass is 10.2. The van der Waals surface area contributed by atoms with Gasteiger partial charge in [0.15, 0.2) is 5.82 Å². The van der Waals surface area contributed by atoms with Crippen molar-refractivity contribution < 1.29 is 9.47 Å². The Hall–Kier alpha value is -1.40. The Labute approximate surface area is 114 Å². The number of nitrogens with zero attached hydrogens (tertiary/aromatic N) is 3. The van der Waals surface area contributed by atoms with Crippen LogP contribution in [-0.2, 0) is 4.74 Å². The highest BCUT2D eigenvalue weighted by Crippen LogP contribution is 2.16. The minimum atomic E-state index is 0.518. The van der Waals surface area contributed by atoms with Crippen molar-refractivity contribution in [3.8, 4) is 5.88 Å². The average molecular weight is 266 g/mol. The summed E-state index contributed by atoms with van der Waals surface area (Å²) in [5, 5.41) is 3.50. The monoisotopic (exact) mass is 266 g/mol. The molecule has 0 aromatic carbocycles. The summed E-state index contributed by atoms with van der Waals surface area (Å²) in [7, 11) is 3.31. The second-order valence-corrected chi connectivity index (χ2v) is 4.65. The molecule has 1 atom stereocenters. The van der Waals surface area contributed by atoms with Gasteiger partial charge in [0.25, 0.3) is 0 Å². The molecule has 0 amide bonds. The summed E-state index contributed by atoms with van der Waals surface area (Å²) >= 11 is 0. The first-order chi connectivity index (χ1) is 9.33. The fraction of sp³-hybridized carbons (Fsp3) is 0.692. The van der Waals surface area contributed by atoms with E-state index in [2.05, 4.69) is 20.2 Å². The predicted octanol–water partition coefficient (Wildman–Crippen LogP) is 0.690. The molecular formula is C13H22N4O2. The molecule has 0 saturated carbocycles. The molecule has 106 valence electrons. The van der Waals surface area contributed by atoms with Gasteiger partial charge in [0.05, 0.1) is 26.1 Å². The molecule has 2 rings (SSSR count). The maximum Gasteiger partial charge on any atom is 0.233 e. The number of anilines is 1. The zero-order valence-corrected chi connectivity index (χ0v) is 11.6. The first-order valence-electron chi connectivity index (χ1n) is 6.67. The zero-order chi connectivity index (χ0) is 13.5. The van der Waals surface area contributed by atoms with Crippen molar-refractivity contribution in [3.63, 3.8) is 0 Å². The van der Waals surface area contributed by atoms with Gasteiger partial charge in [-0.05, 0) is 19.4 Å². The van der Waals surface area contributed by atoms with Crippen molar-refractivity contribution in [2.45, 2.75) is 18.9 Å². The van der Waals surface area contributed by atoms with Crippen molar-refractivity contribution in [3.05, 3.63) is 12.4 Å². The van der Waals surface area contributed by atoms with Gasteiger partial charge in [-0.2, -0.15) is 4.98 Å². The number of ether oxygens (including phenoxy) is 2. The summed E-state index contributed by atoms with van der Waals surface area (Å²) in [5.74, 6) is 1.38. The topological polar surface area (TPSA) is 59.5 Å². The maximum absolute atomic E-state index is 5.17. The van der Waals surface area contributed by atoms with Crippen LogP contribution in [0.3, 0.4) is 0 Å². The molecule has 1 saturated heterocycles. The standard InChI is InChI=1S/C13H22N4O2/c1-18-7-6-17(10-11-4-3-5-15-11)12-8-14-9-13(16-12)19-2/h8-9,11,15H,3-7,10H2,1-2H3. The summed E-state index contributed by atoms with van der Waals surface area (Å²) in [6.07, 6.45) is 5.84. The SMILES string of the molecule is COCCN(CC1CCCN1)c1cncc(OC)n1. The molecule has 1 aliphatic rings. The van der Waals surface area contributed by atoms with Crippen LogP contribution >= 0.6 is 0 Å². The Morgan fingerprint density at radius 3 is 3.00 bits per heavy atom. The third-order valence-corrected chi connectivity index (χ3v) is 3.30. The van der Waals surface area contributed by atoms with Crippen LogP contribution in [0.5, 0.6) is 5.88 Å². The van der Waals surface area contributed by atoms with Gasteiger partial charge in [-0.15, -0.1) is 0 Å². The van der Waals surface area contributed by atoms with E-state index in [1.165, 1.54) is 12.8 Å². The highest BCUT2D eigenvalue weighted by molar-refractivity contribution is 5.38. The highest BCUT2D eigenvalue weighted by Gasteiger charge is 2.19. The molecule has 0 spiro atoms. The van der Waals surface area contributed by atoms with Gasteiger partial charge in [0.1, 0.15) is 0 Å². The predicted molar refractivity (Wildman–Crippen MR) is 73.7 cm³/mol. The quantitative estimate of drug-likeness (QED) is 0.783. The van der Waals surface area contributed by atoms with Crippen LogP contribution in [0.2, 0.25) is 0 Å². The molecule has 6 nitrogen and oxygen atoms in total. The summed E-state index contributed by atoms with van der Waals surface area (Å²) in [6, 6.07) is 0.518. The molecule has 1 unspecified atom stereocenters. The minimum Gasteiger partial charge on any atom is -0.480 e. The van der Waals surface area contributed by atoms with E-state index in [0.29, 0.717) is 18.5 Å². The van der Waals surface area contributed by atoms with E-state index in [1.54, 1.807) is 26.6 Å². The third kappa shape index (κ3) is 4.04. The van der Waals surface area contributed by atoms with Crippen LogP contribution < -0.4 is 15.0 Å². The number of methoxy groups -OCH3 is 2. The molecule has 2 heterocycles. The van der Waals surface area contributed by atoms with Crippen LogP contribution in [0.25, 0.3) is 0 Å². The Bertz CT molecular complexity index is 383. The minimum absolute atomic E-state index is 0.518. The van der Waals surface area contributed by atoms with Crippen LogP contribution in [0.4, 0.5) is 5.82 Å². The average Bonchev–Trinajstić information content (AvgIpc) is 2.96. The molecule has 1 aromatic heterocycles. The van der Waals surface area contributed by atoms with Crippen molar-refractivity contribution in [1.29, 1.82) is 0 Å². The number of nitrogens with one attached hydrogen (secondary N) is 1. The van der Waals surface area contributed by atoms with Crippen LogP contribution in [0.1, 0.15) is 12.8 Å². The molecule has 0 bridgehead atoms. The van der Waals surface area contributed by atoms with Gasteiger partial charge in [-0.3, -0.25) is 4.98 Å². The lowest BCUT2D eigenvalue weighted by Gasteiger charge is -2.26. The van der Waals surface area contributed by atoms with Gasteiger partial charge < -0.3 is 19.7 Å². The van der Waals surface area contributed by atoms with Crippen molar-refractivity contribution >= 4 is 5.82 Å². The highest BCUT2D eigenvalue weighted by atomic mass is 16.5. The third-order valence-electron chi connectivity index (χ3n) is 3.30. The number of aromatic nitrogens is 2. The molecule has 1 aromatic rings. The van der Waals surface area contributed by atoms with Gasteiger partial charge in [-0.25, -0.2) is 0 Å². The van der Waals surface area contributed by atoms with Gasteiger partial charge in [-0.1, -0.05) is 0 Å². The van der Waals surface area contributed by atoms with Crippen LogP contribution in [0, 0.1) is 0 Å². The van der Waals surface area contributed by atoms with Crippen molar-refractivity contribution in [2.24, 2.45) is 0 Å². The largest absolute Gasteiger partial charge is 0.480 e. The normalized spacial score (nSPS) is 18.5. The number of hydrogen-bond donors (Lipinski definition) is 1. The smallest absolute Gasteiger partial charge is 0.233 e. The second-order valence-electron chi connectivity index (χ2n) is 4.65. The molecular weight excluding hydrogens is 244 g/mol. The zero-order valence-electron chi connectivity index (χ0n) is 11.6. The van der Waals surface area contributed by atoms with Crippen molar-refractivity contribution in [2.75, 3.05) is 45.4 Å². The van der Waals surface area contributed by atoms with E-state index in [0.717, 1.165) is 25.5 Å². The Kier molecular flexibility index (Phi) is 5.35. The number of hydrogen-bond acceptors (Lipinski definition) is 6. The van der Waals surface area contributed by atoms with E-state index in [-0.39, 0.29) is 0 Å². The Balaban J connectivity index is 2.05. The van der Waals surface area contributed by atoms with Gasteiger partial charge in [0, 0.05) is 26.2 Å². The lowest BCUT2D eigenvalue weighted by molar-refractivity contribution is 0.204. The summed E-state index contributed by atoms with van der Waals surface area (Å²) < 4.78 is 10.3. The molecule has 1 aliphatic heterocycles. The molecule has 1 fully saturated rings. The van der Waals surface area contributed by atoms with E-state index >= 15 is 0 Å². The first-order valence-corrected chi connectivity index (χ1v) is 6.67. The molecule has 19 heavy (non-hydrogen) atoms. The van der Waals surface area contributed by atoms with E-state index in [9.17, 15) is 0 Å². The van der Waals surface area contributed by atoms with E-state index in [4.69, 9.17) is 9.47 Å². The molecule has 1 N–H and O–H groups in total. The first kappa shape index (κ1) is 14.0. The molecule has 6 heteroatoms. The molecule has 0 aliphatic carbocycles. The van der Waals surface area contributed by atoms with Crippen molar-refractivity contribution in [1.82, 2.24) is 15.3 Å². The van der Waals surface area contributed by atoms with E-state index in [1.807, 2.05) is 0 Å². The summed E-state index contributed by atoms with van der Waals surface area (Å²) in [6.45, 7) is 3.50. The number of rotatable bonds is 7. The summed E-state index contributed by atoms with van der Waals surface area (Å²) in [5.41, 5.74) is 0. The fourth-order valence-corrected chi connectivity index (χ4v) is 2.27. The second kappa shape index (κ2) is 7.25. The molecule has 0 radical (unpaired) electrons. The summed E-state index contributed by atoms with van der Waals surface area (Å²) in [4.78, 5) is 10.8. The van der Waals surface area contributed by atoms with Crippen LogP contribution in [0.15, 0.2) is 12.4 Å². The Morgan fingerprint density at radius 1 is 1.42 bits per heavy atom.